The van der Waals surface area contributed by atoms with Gasteiger partial charge in [-0.1, -0.05) is 73.0 Å². The van der Waals surface area contributed by atoms with Gasteiger partial charge in [-0.15, -0.1) is 0 Å². The van der Waals surface area contributed by atoms with Gasteiger partial charge in [-0.2, -0.15) is 0 Å². The van der Waals surface area contributed by atoms with Crippen LogP contribution in [0, 0.1) is 5.92 Å². The van der Waals surface area contributed by atoms with Gasteiger partial charge in [-0.25, -0.2) is 0 Å². The molecule has 0 saturated carbocycles. The molecule has 1 amide bonds. The van der Waals surface area contributed by atoms with Crippen molar-refractivity contribution in [3.05, 3.63) is 35.9 Å². The third kappa shape index (κ3) is 5.66. The van der Waals surface area contributed by atoms with E-state index in [1.54, 1.807) is 0 Å². The quantitative estimate of drug-likeness (QED) is 0.520. The van der Waals surface area contributed by atoms with Gasteiger partial charge < -0.3 is 5.32 Å². The first-order valence-electron chi connectivity index (χ1n) is 7.59. The molecule has 0 saturated heterocycles. The Labute approximate surface area is 131 Å². The summed E-state index contributed by atoms with van der Waals surface area (Å²) in [6.45, 7) is 5.08. The Morgan fingerprint density at radius 1 is 1.20 bits per heavy atom. The molecule has 0 aromatic heterocycles. The highest BCUT2D eigenvalue weighted by Gasteiger charge is 2.25. The highest BCUT2D eigenvalue weighted by Crippen LogP contribution is 2.27. The van der Waals surface area contributed by atoms with Gasteiger partial charge in [0.05, 0.1) is 5.92 Å². The van der Waals surface area contributed by atoms with Crippen LogP contribution in [0.5, 0.6) is 0 Å². The second kappa shape index (κ2) is 9.98. The molecule has 2 nitrogen and oxygen atoms in total. The molecule has 1 rings (SSSR count). The Morgan fingerprint density at radius 2 is 1.90 bits per heavy atom. The number of unbranched alkanes of at least 4 members (excludes halogenated alkanes) is 2. The van der Waals surface area contributed by atoms with Gasteiger partial charge in [-0.05, 0) is 24.3 Å². The van der Waals surface area contributed by atoms with Gasteiger partial charge in [0.1, 0.15) is 0 Å². The molecule has 0 bridgehead atoms. The fourth-order valence-corrected chi connectivity index (χ4v) is 2.75. The van der Waals surface area contributed by atoms with E-state index in [1.807, 2.05) is 18.2 Å². The lowest BCUT2D eigenvalue weighted by Gasteiger charge is -2.22. The Hall–Kier alpha value is -0.830. The average Bonchev–Trinajstić information content (AvgIpc) is 2.48. The molecular weight excluding hydrogens is 314 g/mol. The third-order valence-corrected chi connectivity index (χ3v) is 4.32. The van der Waals surface area contributed by atoms with E-state index in [0.717, 1.165) is 36.7 Å². The van der Waals surface area contributed by atoms with Crippen LogP contribution in [-0.2, 0) is 4.79 Å². The first-order chi connectivity index (χ1) is 9.70. The van der Waals surface area contributed by atoms with E-state index in [9.17, 15) is 4.79 Å². The number of alkyl halides is 1. The molecule has 0 heterocycles. The first kappa shape index (κ1) is 17.2. The fraction of sp³-hybridized carbons (Fsp3) is 0.588. The van der Waals surface area contributed by atoms with Crippen LogP contribution in [0.25, 0.3) is 0 Å². The summed E-state index contributed by atoms with van der Waals surface area (Å²) in [6, 6.07) is 10.1. The van der Waals surface area contributed by atoms with Crippen LogP contribution < -0.4 is 5.32 Å². The molecule has 3 heteroatoms. The molecule has 2 atom stereocenters. The minimum atomic E-state index is -0.0302. The number of nitrogens with one attached hydrogen (secondary N) is 1. The molecule has 0 fully saturated rings. The first-order valence-corrected chi connectivity index (χ1v) is 8.71. The number of halogens is 1. The predicted molar refractivity (Wildman–Crippen MR) is 89.3 cm³/mol. The third-order valence-electron chi connectivity index (χ3n) is 3.76. The Kier molecular flexibility index (Phi) is 8.59. The van der Waals surface area contributed by atoms with Gasteiger partial charge in [0.2, 0.25) is 5.91 Å². The van der Waals surface area contributed by atoms with Gasteiger partial charge in [0.25, 0.3) is 0 Å². The molecule has 20 heavy (non-hydrogen) atoms. The Balaban J connectivity index is 2.58. The molecule has 1 aromatic rings. The van der Waals surface area contributed by atoms with E-state index in [0.29, 0.717) is 5.92 Å². The maximum atomic E-state index is 12.5. The minimum Gasteiger partial charge on any atom is -0.356 e. The van der Waals surface area contributed by atoms with E-state index >= 15 is 0 Å². The summed E-state index contributed by atoms with van der Waals surface area (Å²) in [5, 5.41) is 4.14. The standard InChI is InChI=1S/C17H26BrNO/c1-3-14(2)16(15-10-6-4-7-11-15)17(20)19-13-9-5-8-12-18/h4,6-7,10-11,14,16H,3,5,8-9,12-13H2,1-2H3,(H,19,20). The molecule has 0 radical (unpaired) electrons. The number of rotatable bonds is 9. The second-order valence-corrected chi connectivity index (χ2v) is 6.11. The molecule has 1 N–H and O–H groups in total. The largest absolute Gasteiger partial charge is 0.356 e. The van der Waals surface area contributed by atoms with Crippen molar-refractivity contribution in [1.82, 2.24) is 5.32 Å². The lowest BCUT2D eigenvalue weighted by molar-refractivity contribution is -0.123. The van der Waals surface area contributed by atoms with E-state index in [-0.39, 0.29) is 11.8 Å². The van der Waals surface area contributed by atoms with E-state index in [4.69, 9.17) is 0 Å². The van der Waals surface area contributed by atoms with E-state index in [1.165, 1.54) is 6.42 Å². The summed E-state index contributed by atoms with van der Waals surface area (Å²) in [4.78, 5) is 12.5. The lowest BCUT2D eigenvalue weighted by atomic mass is 9.85. The maximum Gasteiger partial charge on any atom is 0.227 e. The predicted octanol–water partition coefficient (Wildman–Crippen LogP) is 4.50. The molecule has 2 unspecified atom stereocenters. The maximum absolute atomic E-state index is 12.5. The van der Waals surface area contributed by atoms with Gasteiger partial charge in [0.15, 0.2) is 0 Å². The number of amides is 1. The smallest absolute Gasteiger partial charge is 0.227 e. The van der Waals surface area contributed by atoms with Crippen LogP contribution in [0.4, 0.5) is 0 Å². The minimum absolute atomic E-state index is 0.0302. The van der Waals surface area contributed by atoms with Gasteiger partial charge in [0, 0.05) is 11.9 Å². The molecule has 0 aliphatic rings. The summed E-state index contributed by atoms with van der Waals surface area (Å²) < 4.78 is 0. The van der Waals surface area contributed by atoms with Crippen molar-refractivity contribution in [2.75, 3.05) is 11.9 Å². The SMILES string of the molecule is CCC(C)C(C(=O)NCCCCCBr)c1ccccc1. The van der Waals surface area contributed by atoms with Crippen LogP contribution in [0.15, 0.2) is 30.3 Å². The van der Waals surface area contributed by atoms with Crippen molar-refractivity contribution in [3.63, 3.8) is 0 Å². The number of benzene rings is 1. The number of hydrogen-bond acceptors (Lipinski definition) is 1. The van der Waals surface area contributed by atoms with Gasteiger partial charge in [-0.3, -0.25) is 4.79 Å². The summed E-state index contributed by atoms with van der Waals surface area (Å²) >= 11 is 3.43. The van der Waals surface area contributed by atoms with Crippen molar-refractivity contribution in [1.29, 1.82) is 0 Å². The zero-order valence-electron chi connectivity index (χ0n) is 12.6. The molecule has 112 valence electrons. The fourth-order valence-electron chi connectivity index (χ4n) is 2.35. The average molecular weight is 340 g/mol. The summed E-state index contributed by atoms with van der Waals surface area (Å²) in [5.74, 6) is 0.502. The topological polar surface area (TPSA) is 29.1 Å². The Morgan fingerprint density at radius 3 is 2.50 bits per heavy atom. The van der Waals surface area contributed by atoms with E-state index in [2.05, 4.69) is 47.2 Å². The summed E-state index contributed by atoms with van der Waals surface area (Å²) in [5.41, 5.74) is 1.12. The van der Waals surface area contributed by atoms with Crippen LogP contribution in [0.2, 0.25) is 0 Å². The van der Waals surface area contributed by atoms with Crippen molar-refractivity contribution in [2.45, 2.75) is 45.4 Å². The molecule has 0 aliphatic heterocycles. The van der Waals surface area contributed by atoms with Crippen molar-refractivity contribution >= 4 is 21.8 Å². The van der Waals surface area contributed by atoms with Crippen molar-refractivity contribution in [2.24, 2.45) is 5.92 Å². The van der Waals surface area contributed by atoms with Crippen molar-refractivity contribution in [3.8, 4) is 0 Å². The zero-order valence-corrected chi connectivity index (χ0v) is 14.2. The number of carbonyl (C=O) groups excluding carboxylic acids is 1. The van der Waals surface area contributed by atoms with Crippen LogP contribution in [-0.4, -0.2) is 17.8 Å². The second-order valence-electron chi connectivity index (χ2n) is 5.31. The van der Waals surface area contributed by atoms with Crippen molar-refractivity contribution < 1.29 is 4.79 Å². The van der Waals surface area contributed by atoms with Gasteiger partial charge >= 0.3 is 0 Å². The normalized spacial score (nSPS) is 13.8. The monoisotopic (exact) mass is 339 g/mol. The van der Waals surface area contributed by atoms with Crippen LogP contribution in [0.1, 0.15) is 51.0 Å². The highest BCUT2D eigenvalue weighted by atomic mass is 79.9. The van der Waals surface area contributed by atoms with Crippen LogP contribution >= 0.6 is 15.9 Å². The molecule has 0 aliphatic carbocycles. The molecular formula is C17H26BrNO. The van der Waals surface area contributed by atoms with Crippen LogP contribution in [0.3, 0.4) is 0 Å². The molecule has 1 aromatic carbocycles. The highest BCUT2D eigenvalue weighted by molar-refractivity contribution is 9.09. The number of hydrogen-bond donors (Lipinski definition) is 1. The number of carbonyl (C=O) groups is 1. The Bertz CT molecular complexity index is 380. The summed E-state index contributed by atoms with van der Waals surface area (Å²) in [6.07, 6.45) is 4.39. The molecule has 0 spiro atoms. The zero-order chi connectivity index (χ0) is 14.8. The summed E-state index contributed by atoms with van der Waals surface area (Å²) in [7, 11) is 0. The lowest BCUT2D eigenvalue weighted by Crippen LogP contribution is -2.33. The van der Waals surface area contributed by atoms with E-state index < -0.39 is 0 Å².